The molecule has 3 rings (SSSR count). The second kappa shape index (κ2) is 15.4. The monoisotopic (exact) mass is 658 g/mol. The van der Waals surface area contributed by atoms with Crippen LogP contribution in [0.4, 0.5) is 26.3 Å². The van der Waals surface area contributed by atoms with Crippen molar-refractivity contribution in [1.82, 2.24) is 20.9 Å². The maximum atomic E-state index is 13.0. The first-order chi connectivity index (χ1) is 21.5. The predicted octanol–water partition coefficient (Wildman–Crippen LogP) is 4.42. The molecule has 2 aromatic carbocycles. The van der Waals surface area contributed by atoms with Crippen molar-refractivity contribution in [1.29, 1.82) is 0 Å². The van der Waals surface area contributed by atoms with Crippen LogP contribution in [0.25, 0.3) is 0 Å². The van der Waals surface area contributed by atoms with E-state index in [1.165, 1.54) is 12.1 Å². The Morgan fingerprint density at radius 2 is 1.37 bits per heavy atom. The molecule has 0 saturated heterocycles. The lowest BCUT2D eigenvalue weighted by Gasteiger charge is -2.41. The Labute approximate surface area is 262 Å². The maximum absolute atomic E-state index is 13.0. The zero-order valence-corrected chi connectivity index (χ0v) is 25.4. The first-order valence-electron chi connectivity index (χ1n) is 14.5. The number of hydrogen-bond donors (Lipinski definition) is 3. The number of carbonyl (C=O) groups is 4. The first-order valence-corrected chi connectivity index (χ1v) is 14.5. The van der Waals surface area contributed by atoms with Gasteiger partial charge >= 0.3 is 18.3 Å². The van der Waals surface area contributed by atoms with E-state index in [0.29, 0.717) is 31.4 Å². The largest absolute Gasteiger partial charge is 0.464 e. The van der Waals surface area contributed by atoms with Gasteiger partial charge in [-0.3, -0.25) is 19.2 Å². The van der Waals surface area contributed by atoms with E-state index in [-0.39, 0.29) is 35.7 Å². The molecule has 46 heavy (non-hydrogen) atoms. The quantitative estimate of drug-likeness (QED) is 0.243. The van der Waals surface area contributed by atoms with Crippen molar-refractivity contribution in [2.45, 2.75) is 63.6 Å². The van der Waals surface area contributed by atoms with Crippen molar-refractivity contribution < 1.29 is 50.3 Å². The summed E-state index contributed by atoms with van der Waals surface area (Å²) in [7, 11) is 1.95. The Morgan fingerprint density at radius 3 is 1.87 bits per heavy atom. The van der Waals surface area contributed by atoms with Crippen molar-refractivity contribution in [2.75, 3.05) is 26.7 Å². The van der Waals surface area contributed by atoms with E-state index in [0.717, 1.165) is 24.3 Å². The fourth-order valence-corrected chi connectivity index (χ4v) is 5.10. The van der Waals surface area contributed by atoms with E-state index >= 15 is 0 Å². The summed E-state index contributed by atoms with van der Waals surface area (Å²) in [6, 6.07) is 7.38. The summed E-state index contributed by atoms with van der Waals surface area (Å²) in [6.07, 6.45) is -7.54. The third kappa shape index (κ3) is 10.5. The van der Waals surface area contributed by atoms with E-state index in [1.54, 1.807) is 0 Å². The Bertz CT molecular complexity index is 1400. The topological polar surface area (TPSA) is 117 Å². The molecule has 0 radical (unpaired) electrons. The third-order valence-corrected chi connectivity index (χ3v) is 7.86. The smallest absolute Gasteiger partial charge is 0.416 e. The van der Waals surface area contributed by atoms with Crippen LogP contribution >= 0.6 is 0 Å². The van der Waals surface area contributed by atoms with Crippen molar-refractivity contribution in [3.05, 3.63) is 70.8 Å². The van der Waals surface area contributed by atoms with Gasteiger partial charge in [0.05, 0.1) is 24.3 Å². The molecule has 0 aromatic heterocycles. The molecule has 2 aromatic rings. The van der Waals surface area contributed by atoms with E-state index in [4.69, 9.17) is 4.74 Å². The number of hydrogen-bond acceptors (Lipinski definition) is 6. The van der Waals surface area contributed by atoms with Crippen LogP contribution in [-0.2, 0) is 26.7 Å². The van der Waals surface area contributed by atoms with Gasteiger partial charge in [-0.1, -0.05) is 12.1 Å². The number of esters is 1. The average Bonchev–Trinajstić information content (AvgIpc) is 3.00. The number of benzene rings is 2. The van der Waals surface area contributed by atoms with Gasteiger partial charge in [-0.05, 0) is 76.6 Å². The van der Waals surface area contributed by atoms with E-state index in [2.05, 4.69) is 20.9 Å². The number of carbonyl (C=O) groups excluding carboxylic acids is 4. The minimum atomic E-state index is -4.64. The SMILES string of the molecule is CC(C)N(C)[C@@H]1CC[C@H](NC(=O)CNC(=O)c2cccc(C(F)(F)F)c2)[C@H](COC(=O)CNC(=O)c2cccc(C(F)(F)F)c2)C1. The van der Waals surface area contributed by atoms with Gasteiger partial charge in [0.15, 0.2) is 0 Å². The Hall–Kier alpha value is -4.14. The predicted molar refractivity (Wildman–Crippen MR) is 154 cm³/mol. The van der Waals surface area contributed by atoms with Crippen molar-refractivity contribution in [2.24, 2.45) is 5.92 Å². The average molecular weight is 659 g/mol. The van der Waals surface area contributed by atoms with Gasteiger partial charge in [-0.2, -0.15) is 26.3 Å². The highest BCUT2D eigenvalue weighted by molar-refractivity contribution is 5.97. The molecule has 0 bridgehead atoms. The van der Waals surface area contributed by atoms with Crippen LogP contribution in [0, 0.1) is 5.92 Å². The minimum absolute atomic E-state index is 0.0954. The number of ether oxygens (including phenoxy) is 1. The normalized spacial score (nSPS) is 18.6. The number of halogens is 6. The number of nitrogens with zero attached hydrogens (tertiary/aromatic N) is 1. The summed E-state index contributed by atoms with van der Waals surface area (Å²) in [6.45, 7) is 2.79. The molecule has 0 heterocycles. The van der Waals surface area contributed by atoms with Crippen molar-refractivity contribution in [3.8, 4) is 0 Å². The van der Waals surface area contributed by atoms with Crippen LogP contribution in [0.2, 0.25) is 0 Å². The highest BCUT2D eigenvalue weighted by Gasteiger charge is 2.35. The van der Waals surface area contributed by atoms with Gasteiger partial charge in [-0.25, -0.2) is 0 Å². The second-order valence-corrected chi connectivity index (χ2v) is 11.4. The molecule has 0 unspecified atom stereocenters. The number of nitrogens with one attached hydrogen (secondary N) is 3. The molecular weight excluding hydrogens is 622 g/mol. The van der Waals surface area contributed by atoms with Gasteiger partial charge in [0.1, 0.15) is 6.54 Å². The fraction of sp³-hybridized carbons (Fsp3) is 0.484. The summed E-state index contributed by atoms with van der Waals surface area (Å²) in [5, 5.41) is 7.36. The molecule has 3 atom stereocenters. The standard InChI is InChI=1S/C31H36F6N4O5/c1-18(2)41(3)24-10-11-25(40-26(42)15-38-28(44)19-6-4-8-22(12-19)30(32,33)34)21(14-24)17-46-27(43)16-39-29(45)20-7-5-9-23(13-20)31(35,36)37/h4-9,12-13,18,21,24-25H,10-11,14-17H2,1-3H3,(H,38,44)(H,39,45)(H,40,42)/t21-,24+,25-/m0/s1. The Morgan fingerprint density at radius 1 is 0.848 bits per heavy atom. The molecule has 15 heteroatoms. The van der Waals surface area contributed by atoms with E-state index in [9.17, 15) is 45.5 Å². The van der Waals surface area contributed by atoms with Crippen molar-refractivity contribution >= 4 is 23.7 Å². The van der Waals surface area contributed by atoms with Crippen LogP contribution < -0.4 is 16.0 Å². The summed E-state index contributed by atoms with van der Waals surface area (Å²) in [5.41, 5.74) is -2.55. The fourth-order valence-electron chi connectivity index (χ4n) is 5.10. The van der Waals surface area contributed by atoms with Crippen LogP contribution in [0.1, 0.15) is 65.0 Å². The highest BCUT2D eigenvalue weighted by Crippen LogP contribution is 2.31. The van der Waals surface area contributed by atoms with Gasteiger partial charge in [0.25, 0.3) is 11.8 Å². The lowest BCUT2D eigenvalue weighted by molar-refractivity contribution is -0.145. The van der Waals surface area contributed by atoms with Crippen LogP contribution in [0.3, 0.4) is 0 Å². The van der Waals surface area contributed by atoms with Gasteiger partial charge in [0.2, 0.25) is 5.91 Å². The molecule has 1 aliphatic rings. The maximum Gasteiger partial charge on any atom is 0.416 e. The lowest BCUT2D eigenvalue weighted by Crippen LogP contribution is -2.52. The molecule has 9 nitrogen and oxygen atoms in total. The van der Waals surface area contributed by atoms with Crippen LogP contribution in [0.15, 0.2) is 48.5 Å². The summed E-state index contributed by atoms with van der Waals surface area (Å²) in [5.74, 6) is -3.55. The molecule has 1 fully saturated rings. The Kier molecular flexibility index (Phi) is 12.2. The molecule has 3 N–H and O–H groups in total. The second-order valence-electron chi connectivity index (χ2n) is 11.4. The lowest BCUT2D eigenvalue weighted by atomic mass is 9.81. The molecule has 1 saturated carbocycles. The molecule has 0 aliphatic heterocycles. The first kappa shape index (κ1) is 36.3. The molecular formula is C31H36F6N4O5. The molecule has 252 valence electrons. The van der Waals surface area contributed by atoms with Gasteiger partial charge in [0, 0.05) is 35.2 Å². The van der Waals surface area contributed by atoms with Gasteiger partial charge < -0.3 is 25.6 Å². The number of amides is 3. The summed E-state index contributed by atoms with van der Waals surface area (Å²) >= 11 is 0. The minimum Gasteiger partial charge on any atom is -0.464 e. The van der Waals surface area contributed by atoms with Crippen LogP contribution in [-0.4, -0.2) is 73.5 Å². The van der Waals surface area contributed by atoms with E-state index < -0.39 is 66.3 Å². The Balaban J connectivity index is 1.57. The summed E-state index contributed by atoms with van der Waals surface area (Å²) in [4.78, 5) is 52.1. The molecule has 1 aliphatic carbocycles. The van der Waals surface area contributed by atoms with E-state index in [1.807, 2.05) is 20.9 Å². The number of rotatable bonds is 11. The number of alkyl halides is 6. The zero-order valence-electron chi connectivity index (χ0n) is 25.4. The van der Waals surface area contributed by atoms with Crippen LogP contribution in [0.5, 0.6) is 0 Å². The molecule has 3 amide bonds. The molecule has 0 spiro atoms. The van der Waals surface area contributed by atoms with Crippen molar-refractivity contribution in [3.63, 3.8) is 0 Å². The zero-order chi connectivity index (χ0) is 34.2. The third-order valence-electron chi connectivity index (χ3n) is 7.86. The summed E-state index contributed by atoms with van der Waals surface area (Å²) < 4.78 is 83.2. The highest BCUT2D eigenvalue weighted by atomic mass is 19.4. The van der Waals surface area contributed by atoms with Gasteiger partial charge in [-0.15, -0.1) is 0 Å².